The molecule has 0 aliphatic rings. The Bertz CT molecular complexity index is 1050. The first-order valence-corrected chi connectivity index (χ1v) is 7.79. The summed E-state index contributed by atoms with van der Waals surface area (Å²) in [6.45, 7) is 0. The number of hydrogen-bond acceptors (Lipinski definition) is 2. The zero-order valence-electron chi connectivity index (χ0n) is 13.3. The molecule has 3 nitrogen and oxygen atoms in total. The monoisotopic (exact) mass is 314 g/mol. The van der Waals surface area contributed by atoms with Crippen molar-refractivity contribution in [3.63, 3.8) is 0 Å². The third-order valence-electron chi connectivity index (χ3n) is 4.25. The number of pyridine rings is 2. The molecule has 0 aliphatic carbocycles. The van der Waals surface area contributed by atoms with E-state index in [1.165, 1.54) is 12.5 Å². The maximum absolute atomic E-state index is 11.6. The van der Waals surface area contributed by atoms with Crippen molar-refractivity contribution in [1.82, 2.24) is 0 Å². The van der Waals surface area contributed by atoms with Gasteiger partial charge >= 0.3 is 5.97 Å². The van der Waals surface area contributed by atoms with Crippen LogP contribution in [0.4, 0.5) is 0 Å². The van der Waals surface area contributed by atoms with Crippen LogP contribution in [0.1, 0.15) is 10.4 Å². The summed E-state index contributed by atoms with van der Waals surface area (Å²) >= 11 is 0. The lowest BCUT2D eigenvalue weighted by atomic mass is 9.99. The van der Waals surface area contributed by atoms with E-state index in [0.29, 0.717) is 5.56 Å². The van der Waals surface area contributed by atoms with Gasteiger partial charge in [-0.05, 0) is 29.8 Å². The average molecular weight is 314 g/mol. The predicted molar refractivity (Wildman–Crippen MR) is 93.9 cm³/mol. The highest BCUT2D eigenvalue weighted by Crippen LogP contribution is 2.28. The van der Waals surface area contributed by atoms with E-state index >= 15 is 0 Å². The smallest absolute Gasteiger partial charge is 0.337 e. The van der Waals surface area contributed by atoms with E-state index in [0.717, 1.165) is 22.2 Å². The number of esters is 1. The molecule has 0 radical (unpaired) electrons. The molecule has 116 valence electrons. The van der Waals surface area contributed by atoms with Gasteiger partial charge < -0.3 is 4.74 Å². The van der Waals surface area contributed by atoms with Crippen LogP contribution < -0.4 is 4.40 Å². The normalized spacial score (nSPS) is 10.9. The highest BCUT2D eigenvalue weighted by molar-refractivity contribution is 5.95. The Morgan fingerprint density at radius 1 is 0.917 bits per heavy atom. The lowest BCUT2D eigenvalue weighted by Crippen LogP contribution is -2.22. The summed E-state index contributed by atoms with van der Waals surface area (Å²) in [6, 6.07) is 24.2. The molecular weight excluding hydrogens is 298 g/mol. The maximum Gasteiger partial charge on any atom is 0.337 e. The zero-order valence-corrected chi connectivity index (χ0v) is 13.3. The van der Waals surface area contributed by atoms with E-state index in [9.17, 15) is 4.79 Å². The Kier molecular flexibility index (Phi) is 3.47. The molecule has 4 aromatic rings. The van der Waals surface area contributed by atoms with Crippen LogP contribution in [0.15, 0.2) is 79.0 Å². The Hall–Kier alpha value is -3.20. The van der Waals surface area contributed by atoms with Crippen LogP contribution in [0.2, 0.25) is 0 Å². The van der Waals surface area contributed by atoms with Gasteiger partial charge in [-0.3, -0.25) is 0 Å². The number of carbonyl (C=O) groups excluding carboxylic acids is 1. The Labute approximate surface area is 139 Å². The van der Waals surface area contributed by atoms with Gasteiger partial charge in [0.2, 0.25) is 11.0 Å². The summed E-state index contributed by atoms with van der Waals surface area (Å²) in [6.07, 6.45) is 2.07. The molecule has 24 heavy (non-hydrogen) atoms. The van der Waals surface area contributed by atoms with Gasteiger partial charge in [0.1, 0.15) is 0 Å². The highest BCUT2D eigenvalue weighted by Gasteiger charge is 2.14. The summed E-state index contributed by atoms with van der Waals surface area (Å²) < 4.78 is 6.95. The number of methoxy groups -OCH3 is 1. The number of rotatable bonds is 2. The second-order valence-electron chi connectivity index (χ2n) is 5.64. The number of ether oxygens (including phenoxy) is 1. The molecule has 0 bridgehead atoms. The van der Waals surface area contributed by atoms with Gasteiger partial charge in [0.25, 0.3) is 0 Å². The molecule has 0 amide bonds. The average Bonchev–Trinajstić information content (AvgIpc) is 2.67. The highest BCUT2D eigenvalue weighted by atomic mass is 16.5. The summed E-state index contributed by atoms with van der Waals surface area (Å²) in [5.41, 5.74) is 5.06. The topological polar surface area (TPSA) is 30.4 Å². The number of aromatic nitrogens is 1. The third-order valence-corrected chi connectivity index (χ3v) is 4.25. The maximum atomic E-state index is 11.6. The van der Waals surface area contributed by atoms with Gasteiger partial charge in [0, 0.05) is 29.8 Å². The van der Waals surface area contributed by atoms with Gasteiger partial charge in [0.05, 0.1) is 18.1 Å². The van der Waals surface area contributed by atoms with E-state index in [1.54, 1.807) is 12.1 Å². The Morgan fingerprint density at radius 2 is 1.67 bits per heavy atom. The van der Waals surface area contributed by atoms with Crippen molar-refractivity contribution in [2.45, 2.75) is 0 Å². The fourth-order valence-corrected chi connectivity index (χ4v) is 3.07. The van der Waals surface area contributed by atoms with Crippen LogP contribution in [0.25, 0.3) is 27.5 Å². The molecule has 2 aromatic carbocycles. The molecule has 0 unspecified atom stereocenters. The molecule has 0 saturated heterocycles. The molecule has 0 fully saturated rings. The summed E-state index contributed by atoms with van der Waals surface area (Å²) in [4.78, 5) is 11.6. The Balaban J connectivity index is 1.96. The largest absolute Gasteiger partial charge is 0.465 e. The summed E-state index contributed by atoms with van der Waals surface area (Å²) in [7, 11) is 1.39. The van der Waals surface area contributed by atoms with E-state index in [-0.39, 0.29) is 5.97 Å². The molecule has 0 aliphatic heterocycles. The van der Waals surface area contributed by atoms with E-state index in [2.05, 4.69) is 34.9 Å². The molecule has 0 atom stereocenters. The number of benzene rings is 2. The molecular formula is C21H16NO2+. The van der Waals surface area contributed by atoms with Crippen molar-refractivity contribution < 1.29 is 13.9 Å². The van der Waals surface area contributed by atoms with Gasteiger partial charge in [-0.25, -0.2) is 4.79 Å². The van der Waals surface area contributed by atoms with Crippen molar-refractivity contribution in [3.8, 4) is 11.1 Å². The van der Waals surface area contributed by atoms with Crippen molar-refractivity contribution >= 4 is 22.4 Å². The van der Waals surface area contributed by atoms with Crippen LogP contribution in [-0.2, 0) is 4.74 Å². The van der Waals surface area contributed by atoms with Gasteiger partial charge in [-0.1, -0.05) is 24.3 Å². The first kappa shape index (κ1) is 14.4. The molecule has 0 spiro atoms. The first-order chi connectivity index (χ1) is 11.8. The van der Waals surface area contributed by atoms with Crippen LogP contribution >= 0.6 is 0 Å². The van der Waals surface area contributed by atoms with Gasteiger partial charge in [-0.15, -0.1) is 0 Å². The van der Waals surface area contributed by atoms with E-state index in [4.69, 9.17) is 4.74 Å². The van der Waals surface area contributed by atoms with Crippen molar-refractivity contribution in [2.75, 3.05) is 7.11 Å². The Morgan fingerprint density at radius 3 is 2.46 bits per heavy atom. The fourth-order valence-electron chi connectivity index (χ4n) is 3.07. The van der Waals surface area contributed by atoms with Gasteiger partial charge in [-0.2, -0.15) is 4.40 Å². The quantitative estimate of drug-likeness (QED) is 0.318. The minimum absolute atomic E-state index is 0.319. The van der Waals surface area contributed by atoms with Crippen LogP contribution in [0.5, 0.6) is 0 Å². The molecule has 4 rings (SSSR count). The molecule has 2 aromatic heterocycles. The molecule has 0 saturated carbocycles. The lowest BCUT2D eigenvalue weighted by Gasteiger charge is -2.07. The number of carbonyl (C=O) groups is 1. The molecule has 3 heteroatoms. The zero-order chi connectivity index (χ0) is 16.5. The first-order valence-electron chi connectivity index (χ1n) is 7.79. The molecule has 0 N–H and O–H groups in total. The second-order valence-corrected chi connectivity index (χ2v) is 5.64. The standard InChI is InChI=1S/C21H16NO2/c1-24-21(23)16-11-9-15(10-12-16)19-14-17-6-4-5-13-22(17)20-8-3-2-7-18(19)20/h2-14H,1H3/q+1. The number of nitrogens with zero attached hydrogens (tertiary/aromatic N) is 1. The van der Waals surface area contributed by atoms with Crippen LogP contribution in [0, 0.1) is 0 Å². The fraction of sp³-hybridized carbons (Fsp3) is 0.0476. The van der Waals surface area contributed by atoms with E-state index in [1.807, 2.05) is 36.4 Å². The van der Waals surface area contributed by atoms with Crippen molar-refractivity contribution in [3.05, 3.63) is 84.6 Å². The number of hydrogen-bond donors (Lipinski definition) is 0. The van der Waals surface area contributed by atoms with Crippen molar-refractivity contribution in [2.24, 2.45) is 0 Å². The van der Waals surface area contributed by atoms with Crippen molar-refractivity contribution in [1.29, 1.82) is 0 Å². The predicted octanol–water partition coefficient (Wildman–Crippen LogP) is 4.03. The van der Waals surface area contributed by atoms with Crippen LogP contribution in [0.3, 0.4) is 0 Å². The third kappa shape index (κ3) is 2.31. The number of fused-ring (bicyclic) bond motifs is 3. The molecule has 2 heterocycles. The minimum Gasteiger partial charge on any atom is -0.465 e. The number of para-hydroxylation sites is 1. The summed E-state index contributed by atoms with van der Waals surface area (Å²) in [5, 5.41) is 1.17. The van der Waals surface area contributed by atoms with E-state index < -0.39 is 0 Å². The van der Waals surface area contributed by atoms with Crippen LogP contribution in [-0.4, -0.2) is 13.1 Å². The minimum atomic E-state index is -0.319. The van der Waals surface area contributed by atoms with Gasteiger partial charge in [0.15, 0.2) is 6.20 Å². The lowest BCUT2D eigenvalue weighted by molar-refractivity contribution is -0.481. The SMILES string of the molecule is COC(=O)c1ccc(-c2cc3cccc[n+]3c3ccccc23)cc1. The second kappa shape index (κ2) is 5.78. The summed E-state index contributed by atoms with van der Waals surface area (Å²) in [5.74, 6) is -0.319.